The summed E-state index contributed by atoms with van der Waals surface area (Å²) in [4.78, 5) is 19.1. The van der Waals surface area contributed by atoms with Gasteiger partial charge in [0.15, 0.2) is 12.3 Å². The van der Waals surface area contributed by atoms with Crippen molar-refractivity contribution in [1.82, 2.24) is 9.88 Å². The normalized spacial score (nSPS) is 14.9. The molecule has 7 heteroatoms. The average Bonchev–Trinajstić information content (AvgIpc) is 3.47. The van der Waals surface area contributed by atoms with Crippen molar-refractivity contribution in [1.29, 1.82) is 0 Å². The Morgan fingerprint density at radius 1 is 0.975 bits per heavy atom. The summed E-state index contributed by atoms with van der Waals surface area (Å²) in [6.07, 6.45) is 2.18. The van der Waals surface area contributed by atoms with Gasteiger partial charge in [-0.25, -0.2) is 9.37 Å². The van der Waals surface area contributed by atoms with Crippen molar-refractivity contribution >= 4 is 11.6 Å². The first-order valence-electron chi connectivity index (χ1n) is 13.2. The first-order chi connectivity index (χ1) is 19.6. The first kappa shape index (κ1) is 25.5. The van der Waals surface area contributed by atoms with E-state index in [1.54, 1.807) is 18.2 Å². The van der Waals surface area contributed by atoms with Gasteiger partial charge in [-0.05, 0) is 53.4 Å². The van der Waals surface area contributed by atoms with E-state index >= 15 is 0 Å². The van der Waals surface area contributed by atoms with Crippen molar-refractivity contribution in [3.63, 3.8) is 0 Å². The van der Waals surface area contributed by atoms with Crippen LogP contribution in [0.15, 0.2) is 114 Å². The van der Waals surface area contributed by atoms with Gasteiger partial charge < -0.3 is 14.5 Å². The molecule has 40 heavy (non-hydrogen) atoms. The number of fused-ring (bicyclic) bond motifs is 1. The highest BCUT2D eigenvalue weighted by Crippen LogP contribution is 2.38. The summed E-state index contributed by atoms with van der Waals surface area (Å²) in [6.45, 7) is 1.39. The third-order valence-corrected chi connectivity index (χ3v) is 7.07. The van der Waals surface area contributed by atoms with Gasteiger partial charge in [0.05, 0.1) is 6.04 Å². The second-order valence-corrected chi connectivity index (χ2v) is 9.72. The zero-order valence-corrected chi connectivity index (χ0v) is 21.8. The lowest BCUT2D eigenvalue weighted by molar-refractivity contribution is 0.102. The number of nitrogens with zero attached hydrogens (tertiary/aromatic N) is 2. The Bertz CT molecular complexity index is 1600. The molecule has 0 saturated carbocycles. The van der Waals surface area contributed by atoms with Gasteiger partial charge in [0.2, 0.25) is 5.89 Å². The molecular formula is C33H28FN3O3. The van der Waals surface area contributed by atoms with E-state index in [1.807, 2.05) is 60.7 Å². The van der Waals surface area contributed by atoms with Gasteiger partial charge in [-0.3, -0.25) is 9.69 Å². The second kappa shape index (κ2) is 11.6. The van der Waals surface area contributed by atoms with E-state index in [2.05, 4.69) is 33.4 Å². The molecule has 5 aromatic rings. The fourth-order valence-electron chi connectivity index (χ4n) is 5.12. The molecule has 1 N–H and O–H groups in total. The van der Waals surface area contributed by atoms with Gasteiger partial charge in [0.25, 0.3) is 5.91 Å². The number of carbonyl (C=O) groups is 1. The maximum absolute atomic E-state index is 14.6. The van der Waals surface area contributed by atoms with Crippen LogP contribution in [0.4, 0.5) is 10.1 Å². The zero-order chi connectivity index (χ0) is 27.3. The first-order valence-corrected chi connectivity index (χ1v) is 13.2. The monoisotopic (exact) mass is 533 g/mol. The second-order valence-electron chi connectivity index (χ2n) is 9.72. The maximum Gasteiger partial charge on any atom is 0.277 e. The molecule has 0 aliphatic carbocycles. The van der Waals surface area contributed by atoms with Crippen LogP contribution in [0.25, 0.3) is 0 Å². The van der Waals surface area contributed by atoms with E-state index in [9.17, 15) is 9.18 Å². The Balaban J connectivity index is 1.20. The molecule has 0 bridgehead atoms. The smallest absolute Gasteiger partial charge is 0.277 e. The number of hydrogen-bond donors (Lipinski definition) is 1. The predicted molar refractivity (Wildman–Crippen MR) is 150 cm³/mol. The minimum absolute atomic E-state index is 0.0527. The number of rotatable bonds is 8. The molecule has 1 aliphatic heterocycles. The summed E-state index contributed by atoms with van der Waals surface area (Å²) >= 11 is 0. The number of carbonyl (C=O) groups excluding carboxylic acids is 1. The molecule has 1 atom stereocenters. The summed E-state index contributed by atoms with van der Waals surface area (Å²) in [5.41, 5.74) is 5.04. The Labute approximate surface area is 232 Å². The lowest BCUT2D eigenvalue weighted by Gasteiger charge is -2.38. The topological polar surface area (TPSA) is 67.6 Å². The third kappa shape index (κ3) is 5.65. The Morgan fingerprint density at radius 2 is 1.73 bits per heavy atom. The summed E-state index contributed by atoms with van der Waals surface area (Å²) in [7, 11) is 0. The van der Waals surface area contributed by atoms with Crippen molar-refractivity contribution in [2.24, 2.45) is 0 Å². The van der Waals surface area contributed by atoms with Crippen molar-refractivity contribution in [3.8, 4) is 5.75 Å². The van der Waals surface area contributed by atoms with E-state index in [0.29, 0.717) is 29.4 Å². The quantitative estimate of drug-likeness (QED) is 0.238. The highest BCUT2D eigenvalue weighted by Gasteiger charge is 2.29. The number of ether oxygens (including phenoxy) is 1. The van der Waals surface area contributed by atoms with Crippen LogP contribution in [0.2, 0.25) is 0 Å². The number of amides is 1. The van der Waals surface area contributed by atoms with E-state index in [-0.39, 0.29) is 30.1 Å². The Hall–Kier alpha value is -4.75. The van der Waals surface area contributed by atoms with Gasteiger partial charge in [-0.1, -0.05) is 72.8 Å². The molecule has 6 nitrogen and oxygen atoms in total. The van der Waals surface area contributed by atoms with Gasteiger partial charge in [0, 0.05) is 24.3 Å². The van der Waals surface area contributed by atoms with Gasteiger partial charge in [-0.15, -0.1) is 0 Å². The molecule has 1 amide bonds. The van der Waals surface area contributed by atoms with Crippen LogP contribution in [0.1, 0.15) is 44.7 Å². The van der Waals surface area contributed by atoms with Crippen LogP contribution >= 0.6 is 0 Å². The Kier molecular flexibility index (Phi) is 7.37. The summed E-state index contributed by atoms with van der Waals surface area (Å²) in [6, 6.07) is 32.4. The maximum atomic E-state index is 14.6. The SMILES string of the molecule is O=C(Nc1ccccc1)c1coc(COc2ccc3c(c2)C(c2ccccc2)N(Cc2ccccc2F)CC3)n1. The standard InChI is InChI=1S/C33H28FN3O3/c34-29-14-8-7-11-25(29)20-37-18-17-23-15-16-27(19-28(23)32(37)24-9-3-1-4-10-24)39-22-31-36-30(21-40-31)33(38)35-26-12-5-2-6-13-26/h1-16,19,21,32H,17-18,20,22H2,(H,35,38). The van der Waals surface area contributed by atoms with Crippen molar-refractivity contribution < 1.29 is 18.3 Å². The molecule has 1 aromatic heterocycles. The van der Waals surface area contributed by atoms with Gasteiger partial charge >= 0.3 is 0 Å². The number of para-hydroxylation sites is 1. The molecule has 0 fully saturated rings. The third-order valence-electron chi connectivity index (χ3n) is 7.07. The van der Waals surface area contributed by atoms with E-state index in [0.717, 1.165) is 24.1 Å². The number of aromatic nitrogens is 1. The van der Waals surface area contributed by atoms with Crippen LogP contribution < -0.4 is 10.1 Å². The van der Waals surface area contributed by atoms with Gasteiger partial charge in [-0.2, -0.15) is 0 Å². The molecule has 1 aliphatic rings. The zero-order valence-electron chi connectivity index (χ0n) is 21.8. The lowest BCUT2D eigenvalue weighted by atomic mass is 9.87. The molecular weight excluding hydrogens is 505 g/mol. The Morgan fingerprint density at radius 3 is 2.52 bits per heavy atom. The van der Waals surface area contributed by atoms with Crippen LogP contribution in [0, 0.1) is 5.82 Å². The highest BCUT2D eigenvalue weighted by molar-refractivity contribution is 6.02. The number of oxazole rings is 1. The van der Waals surface area contributed by atoms with Gasteiger partial charge in [0.1, 0.15) is 17.8 Å². The minimum Gasteiger partial charge on any atom is -0.484 e. The number of halogens is 1. The molecule has 2 heterocycles. The number of anilines is 1. The van der Waals surface area contributed by atoms with Crippen LogP contribution in [-0.4, -0.2) is 22.3 Å². The van der Waals surface area contributed by atoms with Crippen LogP contribution in [0.3, 0.4) is 0 Å². The molecule has 0 saturated heterocycles. The van der Waals surface area contributed by atoms with Crippen molar-refractivity contribution in [2.75, 3.05) is 11.9 Å². The minimum atomic E-state index is -0.351. The highest BCUT2D eigenvalue weighted by atomic mass is 19.1. The molecule has 200 valence electrons. The molecule has 0 radical (unpaired) electrons. The fraction of sp³-hybridized carbons (Fsp3) is 0.152. The van der Waals surface area contributed by atoms with E-state index in [4.69, 9.17) is 9.15 Å². The largest absolute Gasteiger partial charge is 0.484 e. The summed E-state index contributed by atoms with van der Waals surface area (Å²) < 4.78 is 26.1. The molecule has 0 spiro atoms. The summed E-state index contributed by atoms with van der Waals surface area (Å²) in [5, 5.41) is 2.79. The van der Waals surface area contributed by atoms with Crippen molar-refractivity contribution in [2.45, 2.75) is 25.6 Å². The molecule has 1 unspecified atom stereocenters. The number of nitrogens with one attached hydrogen (secondary N) is 1. The molecule has 4 aromatic carbocycles. The van der Waals surface area contributed by atoms with E-state index < -0.39 is 0 Å². The van der Waals surface area contributed by atoms with Crippen molar-refractivity contribution in [3.05, 3.63) is 149 Å². The molecule has 6 rings (SSSR count). The number of benzene rings is 4. The summed E-state index contributed by atoms with van der Waals surface area (Å²) in [5.74, 6) is 0.424. The fourth-order valence-corrected chi connectivity index (χ4v) is 5.12. The van der Waals surface area contributed by atoms with E-state index in [1.165, 1.54) is 17.9 Å². The van der Waals surface area contributed by atoms with Crippen LogP contribution in [-0.2, 0) is 19.6 Å². The lowest BCUT2D eigenvalue weighted by Crippen LogP contribution is -2.36. The predicted octanol–water partition coefficient (Wildman–Crippen LogP) is 6.79. The number of hydrogen-bond acceptors (Lipinski definition) is 5. The average molecular weight is 534 g/mol. The van der Waals surface area contributed by atoms with Crippen LogP contribution in [0.5, 0.6) is 5.75 Å².